The van der Waals surface area contributed by atoms with E-state index in [0.29, 0.717) is 11.3 Å². The van der Waals surface area contributed by atoms with Crippen LogP contribution in [0, 0.1) is 11.3 Å². The predicted molar refractivity (Wildman–Crippen MR) is 86.5 cm³/mol. The van der Waals surface area contributed by atoms with E-state index in [1.165, 1.54) is 31.2 Å². The molecule has 1 aliphatic rings. The van der Waals surface area contributed by atoms with E-state index in [9.17, 15) is 0 Å². The number of ether oxygens (including phenoxy) is 1. The van der Waals surface area contributed by atoms with E-state index in [0.717, 1.165) is 5.75 Å². The molecule has 1 aromatic carbocycles. The van der Waals surface area contributed by atoms with Crippen LogP contribution in [0.25, 0.3) is 0 Å². The van der Waals surface area contributed by atoms with E-state index in [1.807, 2.05) is 26.0 Å². The molecule has 1 aromatic rings. The maximum Gasteiger partial charge on any atom is 0.119 e. The summed E-state index contributed by atoms with van der Waals surface area (Å²) in [7, 11) is 0. The molecule has 0 aromatic heterocycles. The third kappa shape index (κ3) is 3.69. The molecule has 2 rings (SSSR count). The maximum atomic E-state index is 6.79. The molecule has 1 saturated carbocycles. The van der Waals surface area contributed by atoms with Gasteiger partial charge in [-0.15, -0.1) is 11.6 Å². The molecule has 2 atom stereocenters. The number of rotatable bonds is 4. The normalized spacial score (nSPS) is 23.6. The van der Waals surface area contributed by atoms with Gasteiger partial charge >= 0.3 is 0 Å². The Balaban J connectivity index is 2.10. The van der Waals surface area contributed by atoms with Gasteiger partial charge in [0.05, 0.1) is 11.5 Å². The van der Waals surface area contributed by atoms with Crippen molar-refractivity contribution in [2.24, 2.45) is 11.3 Å². The van der Waals surface area contributed by atoms with Gasteiger partial charge in [-0.05, 0) is 55.7 Å². The highest BCUT2D eigenvalue weighted by Crippen LogP contribution is 2.49. The Morgan fingerprint density at radius 2 is 1.80 bits per heavy atom. The fourth-order valence-corrected chi connectivity index (χ4v) is 3.91. The highest BCUT2D eigenvalue weighted by molar-refractivity contribution is 6.21. The summed E-state index contributed by atoms with van der Waals surface area (Å²) in [5, 5.41) is 0.110. The number of halogens is 1. The lowest BCUT2D eigenvalue weighted by Gasteiger charge is -2.41. The van der Waals surface area contributed by atoms with Crippen molar-refractivity contribution in [1.82, 2.24) is 0 Å². The van der Waals surface area contributed by atoms with Crippen molar-refractivity contribution in [1.29, 1.82) is 0 Å². The van der Waals surface area contributed by atoms with Crippen LogP contribution in [0.2, 0.25) is 0 Å². The van der Waals surface area contributed by atoms with E-state index >= 15 is 0 Å². The van der Waals surface area contributed by atoms with Gasteiger partial charge in [-0.25, -0.2) is 0 Å². The van der Waals surface area contributed by atoms with Gasteiger partial charge in [-0.1, -0.05) is 38.8 Å². The molecule has 0 bridgehead atoms. The van der Waals surface area contributed by atoms with Crippen molar-refractivity contribution >= 4 is 11.6 Å². The van der Waals surface area contributed by atoms with Crippen LogP contribution >= 0.6 is 11.6 Å². The molecule has 0 aliphatic heterocycles. The monoisotopic (exact) mass is 294 g/mol. The Morgan fingerprint density at radius 3 is 2.35 bits per heavy atom. The summed E-state index contributed by atoms with van der Waals surface area (Å²) in [4.78, 5) is 0. The zero-order chi connectivity index (χ0) is 14.8. The SMILES string of the molecule is CC(C)Oc1ccc(C(Cl)C2CCCCC2(C)C)cc1. The van der Waals surface area contributed by atoms with E-state index in [4.69, 9.17) is 16.3 Å². The first-order valence-corrected chi connectivity index (χ1v) is 8.24. The number of hydrogen-bond donors (Lipinski definition) is 0. The quantitative estimate of drug-likeness (QED) is 0.622. The first-order chi connectivity index (χ1) is 9.40. The van der Waals surface area contributed by atoms with Gasteiger partial charge in [0.2, 0.25) is 0 Å². The minimum atomic E-state index is 0.110. The largest absolute Gasteiger partial charge is 0.491 e. The first kappa shape index (κ1) is 15.7. The summed E-state index contributed by atoms with van der Waals surface area (Å²) in [6, 6.07) is 8.33. The number of benzene rings is 1. The molecule has 0 saturated heterocycles. The molecule has 2 unspecified atom stereocenters. The molecule has 2 heteroatoms. The summed E-state index contributed by atoms with van der Waals surface area (Å²) in [5.74, 6) is 1.49. The molecule has 1 aliphatic carbocycles. The smallest absolute Gasteiger partial charge is 0.119 e. The van der Waals surface area contributed by atoms with Gasteiger partial charge in [0, 0.05) is 0 Å². The summed E-state index contributed by atoms with van der Waals surface area (Å²) < 4.78 is 5.69. The third-order valence-corrected chi connectivity index (χ3v) is 5.07. The van der Waals surface area contributed by atoms with Crippen LogP contribution in [-0.2, 0) is 0 Å². The van der Waals surface area contributed by atoms with Gasteiger partial charge in [-0.2, -0.15) is 0 Å². The van der Waals surface area contributed by atoms with E-state index < -0.39 is 0 Å². The molecule has 0 N–H and O–H groups in total. The van der Waals surface area contributed by atoms with Gasteiger partial charge in [0.1, 0.15) is 5.75 Å². The van der Waals surface area contributed by atoms with Gasteiger partial charge in [0.15, 0.2) is 0 Å². The van der Waals surface area contributed by atoms with Crippen LogP contribution in [0.15, 0.2) is 24.3 Å². The fourth-order valence-electron chi connectivity index (χ4n) is 3.30. The van der Waals surface area contributed by atoms with Crippen molar-refractivity contribution < 1.29 is 4.74 Å². The third-order valence-electron chi connectivity index (χ3n) is 4.51. The molecular formula is C18H27ClO. The molecule has 112 valence electrons. The molecule has 0 heterocycles. The van der Waals surface area contributed by atoms with Crippen LogP contribution in [0.1, 0.15) is 64.3 Å². The molecule has 1 nitrogen and oxygen atoms in total. The molecule has 20 heavy (non-hydrogen) atoms. The Labute approximate surface area is 128 Å². The summed E-state index contributed by atoms with van der Waals surface area (Å²) in [6.07, 6.45) is 5.39. The lowest BCUT2D eigenvalue weighted by atomic mass is 9.66. The minimum absolute atomic E-state index is 0.110. The topological polar surface area (TPSA) is 9.23 Å². The number of alkyl halides is 1. The summed E-state index contributed by atoms with van der Waals surface area (Å²) in [5.41, 5.74) is 1.57. The van der Waals surface area contributed by atoms with Crippen molar-refractivity contribution in [3.63, 3.8) is 0 Å². The molecule has 0 radical (unpaired) electrons. The second-order valence-electron chi connectivity index (χ2n) is 6.98. The van der Waals surface area contributed by atoms with Crippen molar-refractivity contribution in [2.45, 2.75) is 64.9 Å². The van der Waals surface area contributed by atoms with Crippen LogP contribution in [-0.4, -0.2) is 6.10 Å². The Morgan fingerprint density at radius 1 is 1.15 bits per heavy atom. The van der Waals surface area contributed by atoms with Crippen molar-refractivity contribution in [2.75, 3.05) is 0 Å². The van der Waals surface area contributed by atoms with Crippen LogP contribution < -0.4 is 4.74 Å². The van der Waals surface area contributed by atoms with Crippen LogP contribution in [0.5, 0.6) is 5.75 Å². The molecular weight excluding hydrogens is 268 g/mol. The maximum absolute atomic E-state index is 6.79. The highest BCUT2D eigenvalue weighted by Gasteiger charge is 2.37. The number of hydrogen-bond acceptors (Lipinski definition) is 1. The molecule has 0 spiro atoms. The average Bonchev–Trinajstić information content (AvgIpc) is 2.37. The fraction of sp³-hybridized carbons (Fsp3) is 0.667. The Kier molecular flexibility index (Phi) is 5.01. The zero-order valence-electron chi connectivity index (χ0n) is 13.2. The minimum Gasteiger partial charge on any atom is -0.491 e. The zero-order valence-corrected chi connectivity index (χ0v) is 13.9. The predicted octanol–water partition coefficient (Wildman–Crippen LogP) is 5.97. The Bertz CT molecular complexity index is 422. The Hall–Kier alpha value is -0.690. The van der Waals surface area contributed by atoms with E-state index in [1.54, 1.807) is 0 Å². The summed E-state index contributed by atoms with van der Waals surface area (Å²) in [6.45, 7) is 8.82. The second kappa shape index (κ2) is 6.39. The second-order valence-corrected chi connectivity index (χ2v) is 7.45. The average molecular weight is 295 g/mol. The highest BCUT2D eigenvalue weighted by atomic mass is 35.5. The standard InChI is InChI=1S/C18H27ClO/c1-13(2)20-15-10-8-14(9-11-15)17(19)16-7-5-6-12-18(16,3)4/h8-11,13,16-17H,5-7,12H2,1-4H3. The van der Waals surface area contributed by atoms with Crippen molar-refractivity contribution in [3.05, 3.63) is 29.8 Å². The van der Waals surface area contributed by atoms with Crippen LogP contribution in [0.4, 0.5) is 0 Å². The van der Waals surface area contributed by atoms with Gasteiger partial charge in [-0.3, -0.25) is 0 Å². The summed E-state index contributed by atoms with van der Waals surface area (Å²) >= 11 is 6.79. The van der Waals surface area contributed by atoms with Gasteiger partial charge in [0.25, 0.3) is 0 Å². The van der Waals surface area contributed by atoms with Crippen molar-refractivity contribution in [3.8, 4) is 5.75 Å². The lowest BCUT2D eigenvalue weighted by Crippen LogP contribution is -2.30. The lowest BCUT2D eigenvalue weighted by molar-refractivity contribution is 0.133. The molecule has 1 fully saturated rings. The van der Waals surface area contributed by atoms with Gasteiger partial charge < -0.3 is 4.74 Å². The molecule has 0 amide bonds. The van der Waals surface area contributed by atoms with Crippen LogP contribution in [0.3, 0.4) is 0 Å². The van der Waals surface area contributed by atoms with E-state index in [-0.39, 0.29) is 11.5 Å². The van der Waals surface area contributed by atoms with E-state index in [2.05, 4.69) is 26.0 Å². The first-order valence-electron chi connectivity index (χ1n) is 7.81.